The Morgan fingerprint density at radius 2 is 2.22 bits per heavy atom. The molecule has 2 aliphatic heterocycles. The van der Waals surface area contributed by atoms with E-state index in [2.05, 4.69) is 56.6 Å². The molecule has 0 bridgehead atoms. The molecule has 1 saturated heterocycles. The van der Waals surface area contributed by atoms with Crippen LogP contribution >= 0.6 is 15.9 Å². The smallest absolute Gasteiger partial charge is 0.0640 e. The van der Waals surface area contributed by atoms with Crippen molar-refractivity contribution in [1.29, 1.82) is 5.26 Å². The Bertz CT molecular complexity index is 786. The highest BCUT2D eigenvalue weighted by atomic mass is 79.9. The SMILES string of the molecule is CC[C@H]1CCN2CCc3c(n(CCC#N)c4ccc(Br)cc34)[C@@H]12. The lowest BCUT2D eigenvalue weighted by Crippen LogP contribution is -2.34. The summed E-state index contributed by atoms with van der Waals surface area (Å²) < 4.78 is 3.59. The number of hydrogen-bond donors (Lipinski definition) is 0. The first-order valence-electron chi connectivity index (χ1n) is 8.66. The summed E-state index contributed by atoms with van der Waals surface area (Å²) in [6, 6.07) is 9.49. The van der Waals surface area contributed by atoms with Crippen molar-refractivity contribution >= 4 is 26.8 Å². The normalized spacial score (nSPS) is 23.7. The van der Waals surface area contributed by atoms with Gasteiger partial charge in [0.15, 0.2) is 0 Å². The summed E-state index contributed by atoms with van der Waals surface area (Å²) in [5, 5.41) is 10.5. The van der Waals surface area contributed by atoms with E-state index >= 15 is 0 Å². The molecule has 120 valence electrons. The average Bonchev–Trinajstić information content (AvgIpc) is 3.11. The van der Waals surface area contributed by atoms with Gasteiger partial charge in [-0.1, -0.05) is 29.3 Å². The van der Waals surface area contributed by atoms with Crippen molar-refractivity contribution in [3.05, 3.63) is 33.9 Å². The second-order valence-corrected chi connectivity index (χ2v) is 7.69. The van der Waals surface area contributed by atoms with Crippen molar-refractivity contribution in [1.82, 2.24) is 9.47 Å². The number of benzene rings is 1. The number of nitrogens with zero attached hydrogens (tertiary/aromatic N) is 3. The van der Waals surface area contributed by atoms with E-state index in [0.29, 0.717) is 12.5 Å². The van der Waals surface area contributed by atoms with Gasteiger partial charge in [0.2, 0.25) is 0 Å². The maximum atomic E-state index is 9.09. The summed E-state index contributed by atoms with van der Waals surface area (Å²) in [7, 11) is 0. The van der Waals surface area contributed by atoms with Gasteiger partial charge in [-0.3, -0.25) is 4.90 Å². The Balaban J connectivity index is 1.94. The second-order valence-electron chi connectivity index (χ2n) is 6.77. The third kappa shape index (κ3) is 2.33. The maximum absolute atomic E-state index is 9.09. The lowest BCUT2D eigenvalue weighted by atomic mass is 9.89. The highest BCUT2D eigenvalue weighted by Gasteiger charge is 2.40. The van der Waals surface area contributed by atoms with E-state index in [9.17, 15) is 0 Å². The van der Waals surface area contributed by atoms with Gasteiger partial charge in [-0.05, 0) is 49.1 Å². The van der Waals surface area contributed by atoms with Crippen LogP contribution in [0.15, 0.2) is 22.7 Å². The fourth-order valence-corrected chi connectivity index (χ4v) is 5.04. The molecule has 3 heterocycles. The molecule has 0 saturated carbocycles. The molecule has 1 aromatic carbocycles. The minimum absolute atomic E-state index is 0.550. The Morgan fingerprint density at radius 3 is 3.00 bits per heavy atom. The van der Waals surface area contributed by atoms with Crippen LogP contribution in [0.25, 0.3) is 10.9 Å². The van der Waals surface area contributed by atoms with Gasteiger partial charge in [0.05, 0.1) is 18.5 Å². The van der Waals surface area contributed by atoms with Crippen LogP contribution in [0.5, 0.6) is 0 Å². The van der Waals surface area contributed by atoms with Crippen LogP contribution < -0.4 is 0 Å². The molecule has 0 amide bonds. The van der Waals surface area contributed by atoms with Gasteiger partial charge in [-0.25, -0.2) is 0 Å². The lowest BCUT2D eigenvalue weighted by molar-refractivity contribution is 0.203. The first-order chi connectivity index (χ1) is 11.2. The van der Waals surface area contributed by atoms with Gasteiger partial charge in [-0.15, -0.1) is 0 Å². The van der Waals surface area contributed by atoms with Crippen LogP contribution in [0.3, 0.4) is 0 Å². The second kappa shape index (κ2) is 5.96. The van der Waals surface area contributed by atoms with Crippen LogP contribution in [0.2, 0.25) is 0 Å². The third-order valence-corrected chi connectivity index (χ3v) is 6.20. The first kappa shape index (κ1) is 15.2. The van der Waals surface area contributed by atoms with E-state index in [4.69, 9.17) is 5.26 Å². The van der Waals surface area contributed by atoms with Crippen molar-refractivity contribution in [2.75, 3.05) is 13.1 Å². The summed E-state index contributed by atoms with van der Waals surface area (Å²) in [6.07, 6.45) is 4.26. The molecule has 4 heteroatoms. The number of nitriles is 1. The molecule has 2 aromatic rings. The monoisotopic (exact) mass is 371 g/mol. The standard InChI is InChI=1S/C19H22BrN3/c1-2-13-6-10-22-11-7-15-16-12-14(20)4-5-17(16)23(9-3-8-21)19(15)18(13)22/h4-5,12-13,18H,2-3,6-7,9-11H2,1H3/t13-,18+/m0/s1. The van der Waals surface area contributed by atoms with Crippen molar-refractivity contribution in [3.63, 3.8) is 0 Å². The molecule has 0 aliphatic carbocycles. The molecule has 2 aliphatic rings. The van der Waals surface area contributed by atoms with Gasteiger partial charge in [0.25, 0.3) is 0 Å². The molecular weight excluding hydrogens is 350 g/mol. The van der Waals surface area contributed by atoms with E-state index in [-0.39, 0.29) is 0 Å². The van der Waals surface area contributed by atoms with E-state index in [1.165, 1.54) is 48.1 Å². The fourth-order valence-electron chi connectivity index (χ4n) is 4.68. The Kier molecular flexibility index (Phi) is 3.95. The minimum atomic E-state index is 0.550. The largest absolute Gasteiger partial charge is 0.342 e. The molecule has 0 spiro atoms. The molecule has 3 nitrogen and oxygen atoms in total. The molecule has 0 radical (unpaired) electrons. The van der Waals surface area contributed by atoms with E-state index in [0.717, 1.165) is 23.4 Å². The zero-order chi connectivity index (χ0) is 16.0. The summed E-state index contributed by atoms with van der Waals surface area (Å²) in [6.45, 7) is 5.54. The van der Waals surface area contributed by atoms with Crippen LogP contribution in [0.1, 0.15) is 43.5 Å². The molecule has 2 atom stereocenters. The number of fused-ring (bicyclic) bond motifs is 5. The number of aromatic nitrogens is 1. The Morgan fingerprint density at radius 1 is 1.35 bits per heavy atom. The predicted molar refractivity (Wildman–Crippen MR) is 96.3 cm³/mol. The van der Waals surface area contributed by atoms with Crippen LogP contribution in [0, 0.1) is 17.2 Å². The summed E-state index contributed by atoms with van der Waals surface area (Å²) in [4.78, 5) is 2.67. The number of halogens is 1. The molecule has 0 unspecified atom stereocenters. The van der Waals surface area contributed by atoms with E-state index in [1.54, 1.807) is 0 Å². The zero-order valence-electron chi connectivity index (χ0n) is 13.6. The average molecular weight is 372 g/mol. The molecule has 1 fully saturated rings. The van der Waals surface area contributed by atoms with Gasteiger partial charge in [0.1, 0.15) is 0 Å². The summed E-state index contributed by atoms with van der Waals surface area (Å²) in [5.41, 5.74) is 4.34. The van der Waals surface area contributed by atoms with Crippen molar-refractivity contribution < 1.29 is 0 Å². The summed E-state index contributed by atoms with van der Waals surface area (Å²) in [5.74, 6) is 0.752. The Hall–Kier alpha value is -1.31. The van der Waals surface area contributed by atoms with Crippen molar-refractivity contribution in [2.45, 2.75) is 45.2 Å². The molecule has 1 aromatic heterocycles. The third-order valence-electron chi connectivity index (χ3n) is 5.70. The van der Waals surface area contributed by atoms with Crippen molar-refractivity contribution in [3.8, 4) is 6.07 Å². The van der Waals surface area contributed by atoms with E-state index < -0.39 is 0 Å². The topological polar surface area (TPSA) is 32.0 Å². The minimum Gasteiger partial charge on any atom is -0.342 e. The highest BCUT2D eigenvalue weighted by molar-refractivity contribution is 9.10. The highest BCUT2D eigenvalue weighted by Crippen LogP contribution is 2.46. The van der Waals surface area contributed by atoms with Gasteiger partial charge in [-0.2, -0.15) is 5.26 Å². The molecule has 23 heavy (non-hydrogen) atoms. The van der Waals surface area contributed by atoms with Crippen LogP contribution in [-0.2, 0) is 13.0 Å². The van der Waals surface area contributed by atoms with E-state index in [1.807, 2.05) is 0 Å². The van der Waals surface area contributed by atoms with Crippen LogP contribution in [-0.4, -0.2) is 22.6 Å². The zero-order valence-corrected chi connectivity index (χ0v) is 15.1. The number of rotatable bonds is 3. The van der Waals surface area contributed by atoms with Crippen LogP contribution in [0.4, 0.5) is 0 Å². The van der Waals surface area contributed by atoms with Gasteiger partial charge in [0, 0.05) is 34.2 Å². The quantitative estimate of drug-likeness (QED) is 0.786. The predicted octanol–water partition coefficient (Wildman–Crippen LogP) is 4.65. The Labute approximate surface area is 146 Å². The fraction of sp³-hybridized carbons (Fsp3) is 0.526. The lowest BCUT2D eigenvalue weighted by Gasteiger charge is -2.34. The summed E-state index contributed by atoms with van der Waals surface area (Å²) >= 11 is 3.63. The molecule has 0 N–H and O–H groups in total. The maximum Gasteiger partial charge on any atom is 0.0640 e. The first-order valence-corrected chi connectivity index (χ1v) is 9.45. The number of hydrogen-bond acceptors (Lipinski definition) is 2. The number of aryl methyl sites for hydroxylation is 1. The van der Waals surface area contributed by atoms with Gasteiger partial charge >= 0.3 is 0 Å². The molecule has 4 rings (SSSR count). The van der Waals surface area contributed by atoms with Crippen molar-refractivity contribution in [2.24, 2.45) is 5.92 Å². The van der Waals surface area contributed by atoms with Gasteiger partial charge < -0.3 is 4.57 Å². The molecular formula is C19H22BrN3.